The van der Waals surface area contributed by atoms with Gasteiger partial charge in [-0.1, -0.05) is 0 Å². The highest BCUT2D eigenvalue weighted by Gasteiger charge is 2.41. The van der Waals surface area contributed by atoms with E-state index in [0.29, 0.717) is 5.75 Å². The number of furan rings is 1. The molecule has 2 rings (SSSR count). The Hall–Kier alpha value is -1.04. The predicted molar refractivity (Wildman–Crippen MR) is 75.5 cm³/mol. The third kappa shape index (κ3) is 3.25. The van der Waals surface area contributed by atoms with Gasteiger partial charge >= 0.3 is 5.97 Å². The molecule has 8 nitrogen and oxygen atoms in total. The van der Waals surface area contributed by atoms with Gasteiger partial charge < -0.3 is 9.52 Å². The van der Waals surface area contributed by atoms with Crippen molar-refractivity contribution in [3.8, 4) is 0 Å². The average Bonchev–Trinajstić information content (AvgIpc) is 2.88. The zero-order valence-corrected chi connectivity index (χ0v) is 13.4. The molecule has 1 aliphatic rings. The highest BCUT2D eigenvalue weighted by Crippen LogP contribution is 2.28. The number of carbonyl (C=O) groups is 1. The van der Waals surface area contributed by atoms with Crippen LogP contribution in [0.3, 0.4) is 0 Å². The van der Waals surface area contributed by atoms with E-state index in [4.69, 9.17) is 9.52 Å². The first-order valence-corrected chi connectivity index (χ1v) is 10.3. The number of hydrogen-bond acceptors (Lipinski definition) is 7. The van der Waals surface area contributed by atoms with Crippen molar-refractivity contribution in [1.82, 2.24) is 4.31 Å². The SMILES string of the molecule is CS(=O)(=O)C1CSCCN1S(=O)(=O)c1ccc(C(=O)O)o1. The summed E-state index contributed by atoms with van der Waals surface area (Å²) in [5.41, 5.74) is 0. The van der Waals surface area contributed by atoms with Crippen LogP contribution in [0.25, 0.3) is 0 Å². The molecule has 1 unspecified atom stereocenters. The van der Waals surface area contributed by atoms with Gasteiger partial charge in [0, 0.05) is 24.3 Å². The smallest absolute Gasteiger partial charge is 0.371 e. The molecule has 2 heterocycles. The van der Waals surface area contributed by atoms with Crippen LogP contribution in [-0.4, -0.2) is 61.9 Å². The lowest BCUT2D eigenvalue weighted by molar-refractivity contribution is 0.0656. The second-order valence-corrected chi connectivity index (χ2v) is 9.57. The topological polar surface area (TPSA) is 122 Å². The molecule has 1 fully saturated rings. The van der Waals surface area contributed by atoms with E-state index < -0.39 is 42.1 Å². The Morgan fingerprint density at radius 3 is 2.57 bits per heavy atom. The second kappa shape index (κ2) is 5.63. The normalized spacial score (nSPS) is 21.3. The number of rotatable bonds is 4. The van der Waals surface area contributed by atoms with Crippen LogP contribution in [0.2, 0.25) is 0 Å². The molecule has 1 saturated heterocycles. The lowest BCUT2D eigenvalue weighted by Crippen LogP contribution is -2.49. The molecule has 0 amide bonds. The molecule has 0 aliphatic carbocycles. The molecule has 21 heavy (non-hydrogen) atoms. The van der Waals surface area contributed by atoms with Crippen LogP contribution in [0.5, 0.6) is 0 Å². The summed E-state index contributed by atoms with van der Waals surface area (Å²) in [6.07, 6.45) is 0.969. The minimum absolute atomic E-state index is 0.0217. The van der Waals surface area contributed by atoms with Crippen molar-refractivity contribution in [2.45, 2.75) is 10.5 Å². The summed E-state index contributed by atoms with van der Waals surface area (Å²) in [6.45, 7) is 0.0217. The second-order valence-electron chi connectivity index (χ2n) is 4.40. The van der Waals surface area contributed by atoms with Gasteiger partial charge in [0.2, 0.25) is 10.9 Å². The molecule has 1 N–H and O–H groups in total. The van der Waals surface area contributed by atoms with Crippen molar-refractivity contribution in [3.05, 3.63) is 17.9 Å². The van der Waals surface area contributed by atoms with Crippen LogP contribution in [0.4, 0.5) is 0 Å². The van der Waals surface area contributed by atoms with Crippen LogP contribution < -0.4 is 0 Å². The third-order valence-corrected chi connectivity index (χ3v) is 7.45. The van der Waals surface area contributed by atoms with Crippen LogP contribution in [0.1, 0.15) is 10.6 Å². The number of thioether (sulfide) groups is 1. The van der Waals surface area contributed by atoms with E-state index in [0.717, 1.165) is 22.7 Å². The number of sulfone groups is 1. The van der Waals surface area contributed by atoms with Gasteiger partial charge in [0.05, 0.1) is 0 Å². The Kier molecular flexibility index (Phi) is 4.38. The summed E-state index contributed by atoms with van der Waals surface area (Å²) in [7, 11) is -7.80. The molecule has 0 radical (unpaired) electrons. The number of nitrogens with zero attached hydrogens (tertiary/aromatic N) is 1. The Labute approximate surface area is 126 Å². The molecule has 0 bridgehead atoms. The van der Waals surface area contributed by atoms with Gasteiger partial charge in [0.25, 0.3) is 10.0 Å². The number of carboxylic acids is 1. The number of hydrogen-bond donors (Lipinski definition) is 1. The summed E-state index contributed by atoms with van der Waals surface area (Å²) < 4.78 is 54.0. The van der Waals surface area contributed by atoms with E-state index in [1.54, 1.807) is 0 Å². The molecule has 1 aromatic rings. The van der Waals surface area contributed by atoms with Crippen molar-refractivity contribution in [1.29, 1.82) is 0 Å². The summed E-state index contributed by atoms with van der Waals surface area (Å²) in [6, 6.07) is 2.03. The molecule has 0 spiro atoms. The molecule has 0 aromatic carbocycles. The predicted octanol–water partition coefficient (Wildman–Crippen LogP) is 0.0860. The van der Waals surface area contributed by atoms with Gasteiger partial charge in [-0.3, -0.25) is 0 Å². The summed E-state index contributed by atoms with van der Waals surface area (Å²) in [4.78, 5) is 10.7. The van der Waals surface area contributed by atoms with E-state index in [9.17, 15) is 21.6 Å². The Morgan fingerprint density at radius 2 is 2.05 bits per heavy atom. The van der Waals surface area contributed by atoms with Crippen molar-refractivity contribution in [2.24, 2.45) is 0 Å². The maximum absolute atomic E-state index is 12.4. The fourth-order valence-electron chi connectivity index (χ4n) is 1.87. The zero-order valence-electron chi connectivity index (χ0n) is 10.9. The number of sulfonamides is 1. The molecule has 11 heteroatoms. The molecule has 118 valence electrons. The fourth-order valence-corrected chi connectivity index (χ4v) is 6.95. The number of carboxylic acid groups (broad SMARTS) is 1. The monoisotopic (exact) mass is 355 g/mol. The van der Waals surface area contributed by atoms with Gasteiger partial charge in [-0.25, -0.2) is 21.6 Å². The van der Waals surface area contributed by atoms with E-state index >= 15 is 0 Å². The maximum atomic E-state index is 12.4. The number of aromatic carboxylic acids is 1. The molecule has 0 saturated carbocycles. The molecule has 1 aliphatic heterocycles. The van der Waals surface area contributed by atoms with E-state index in [2.05, 4.69) is 0 Å². The minimum atomic E-state index is -4.20. The van der Waals surface area contributed by atoms with E-state index in [1.165, 1.54) is 11.8 Å². The van der Waals surface area contributed by atoms with Crippen molar-refractivity contribution in [3.63, 3.8) is 0 Å². The standard InChI is InChI=1S/C10H13NO7S3/c1-20(14,15)8-6-19-5-4-11(8)21(16,17)9-3-2-7(18-9)10(12)13/h2-3,8H,4-6H2,1H3,(H,12,13). The Morgan fingerprint density at radius 1 is 1.38 bits per heavy atom. The van der Waals surface area contributed by atoms with Crippen molar-refractivity contribution >= 4 is 37.6 Å². The summed E-state index contributed by atoms with van der Waals surface area (Å²) >= 11 is 1.35. The first-order valence-electron chi connectivity index (χ1n) is 5.75. The van der Waals surface area contributed by atoms with Crippen LogP contribution in [0.15, 0.2) is 21.6 Å². The summed E-state index contributed by atoms with van der Waals surface area (Å²) in [5.74, 6) is -1.33. The van der Waals surface area contributed by atoms with Gasteiger partial charge in [-0.05, 0) is 12.1 Å². The molecular formula is C10H13NO7S3. The molecular weight excluding hydrogens is 342 g/mol. The van der Waals surface area contributed by atoms with Crippen molar-refractivity contribution in [2.75, 3.05) is 24.3 Å². The quantitative estimate of drug-likeness (QED) is 0.806. The summed E-state index contributed by atoms with van der Waals surface area (Å²) in [5, 5.41) is 7.00. The van der Waals surface area contributed by atoms with E-state index in [1.807, 2.05) is 0 Å². The van der Waals surface area contributed by atoms with Crippen LogP contribution >= 0.6 is 11.8 Å². The Bertz CT molecular complexity index is 749. The first-order chi connectivity index (χ1) is 9.64. The largest absolute Gasteiger partial charge is 0.475 e. The third-order valence-electron chi connectivity index (χ3n) is 2.89. The van der Waals surface area contributed by atoms with Gasteiger partial charge in [0.1, 0.15) is 5.37 Å². The van der Waals surface area contributed by atoms with Crippen LogP contribution in [-0.2, 0) is 19.9 Å². The average molecular weight is 355 g/mol. The van der Waals surface area contributed by atoms with Crippen LogP contribution in [0, 0.1) is 0 Å². The highest BCUT2D eigenvalue weighted by atomic mass is 32.2. The van der Waals surface area contributed by atoms with Crippen molar-refractivity contribution < 1.29 is 31.2 Å². The maximum Gasteiger partial charge on any atom is 0.371 e. The lowest BCUT2D eigenvalue weighted by atomic mass is 10.5. The lowest BCUT2D eigenvalue weighted by Gasteiger charge is -2.32. The fraction of sp³-hybridized carbons (Fsp3) is 0.500. The van der Waals surface area contributed by atoms with E-state index in [-0.39, 0.29) is 12.3 Å². The molecule has 1 atom stereocenters. The zero-order chi connectivity index (χ0) is 15.8. The van der Waals surface area contributed by atoms with Gasteiger partial charge in [-0.2, -0.15) is 16.1 Å². The molecule has 1 aromatic heterocycles. The highest BCUT2D eigenvalue weighted by molar-refractivity contribution is 8.01. The van der Waals surface area contributed by atoms with Gasteiger partial charge in [-0.15, -0.1) is 0 Å². The first kappa shape index (κ1) is 16.3. The Balaban J connectivity index is 2.43. The van der Waals surface area contributed by atoms with Gasteiger partial charge in [0.15, 0.2) is 9.84 Å². The minimum Gasteiger partial charge on any atom is -0.475 e.